The van der Waals surface area contributed by atoms with Gasteiger partial charge in [0.25, 0.3) is 5.91 Å². The maximum Gasteiger partial charge on any atom is 0.265 e. The summed E-state index contributed by atoms with van der Waals surface area (Å²) < 4.78 is 27.1. The van der Waals surface area contributed by atoms with E-state index < -0.39 is 11.9 Å². The van der Waals surface area contributed by atoms with E-state index in [4.69, 9.17) is 4.74 Å². The summed E-state index contributed by atoms with van der Waals surface area (Å²) in [5.74, 6) is -0.851. The minimum Gasteiger partial charge on any atom is -0.478 e. The number of para-hydroxylation sites is 1. The number of halogens is 1. The van der Waals surface area contributed by atoms with Gasteiger partial charge in [0.15, 0.2) is 17.7 Å². The van der Waals surface area contributed by atoms with E-state index in [-0.39, 0.29) is 11.7 Å². The number of rotatable bonds is 4. The van der Waals surface area contributed by atoms with Gasteiger partial charge in [-0.05, 0) is 31.2 Å². The molecule has 1 N–H and O–H groups in total. The Kier molecular flexibility index (Phi) is 3.97. The van der Waals surface area contributed by atoms with Crippen molar-refractivity contribution >= 4 is 34.4 Å². The number of aromatic nitrogens is 2. The molecule has 7 heteroatoms. The number of hydrogen-bond acceptors (Lipinski definition) is 5. The van der Waals surface area contributed by atoms with Crippen LogP contribution in [0.25, 0.3) is 11.0 Å². The number of anilines is 1. The summed E-state index contributed by atoms with van der Waals surface area (Å²) in [4.78, 5) is 12.2. The van der Waals surface area contributed by atoms with E-state index in [0.717, 1.165) is 11.7 Å². The summed E-state index contributed by atoms with van der Waals surface area (Å²) in [6.07, 6.45) is -0.848. The van der Waals surface area contributed by atoms with Gasteiger partial charge in [-0.3, -0.25) is 4.79 Å². The molecule has 5 nitrogen and oxygen atoms in total. The molecule has 112 valence electrons. The lowest BCUT2D eigenvalue weighted by molar-refractivity contribution is -0.122. The predicted molar refractivity (Wildman–Crippen MR) is 82.5 cm³/mol. The van der Waals surface area contributed by atoms with Gasteiger partial charge >= 0.3 is 0 Å². The van der Waals surface area contributed by atoms with Crippen molar-refractivity contribution in [2.75, 3.05) is 5.32 Å². The van der Waals surface area contributed by atoms with Crippen molar-refractivity contribution in [3.8, 4) is 5.75 Å². The number of carbonyl (C=O) groups is 1. The summed E-state index contributed by atoms with van der Waals surface area (Å²) in [6.45, 7) is 1.56. The number of carbonyl (C=O) groups excluding carboxylic acids is 1. The molecule has 0 aliphatic rings. The van der Waals surface area contributed by atoms with E-state index in [9.17, 15) is 9.18 Å². The van der Waals surface area contributed by atoms with Gasteiger partial charge < -0.3 is 10.1 Å². The smallest absolute Gasteiger partial charge is 0.265 e. The van der Waals surface area contributed by atoms with Gasteiger partial charge in [0.2, 0.25) is 0 Å². The van der Waals surface area contributed by atoms with Crippen LogP contribution in [0.15, 0.2) is 42.5 Å². The molecule has 0 radical (unpaired) electrons. The number of amides is 1. The molecular formula is C15H12FN3O2S. The lowest BCUT2D eigenvalue weighted by Crippen LogP contribution is -2.30. The quantitative estimate of drug-likeness (QED) is 0.802. The van der Waals surface area contributed by atoms with Crippen molar-refractivity contribution in [1.82, 2.24) is 8.75 Å². The summed E-state index contributed by atoms with van der Waals surface area (Å²) in [5.41, 5.74) is 1.89. The molecule has 0 aliphatic heterocycles. The van der Waals surface area contributed by atoms with Crippen molar-refractivity contribution in [3.05, 3.63) is 48.3 Å². The highest BCUT2D eigenvalue weighted by Crippen LogP contribution is 2.22. The average Bonchev–Trinajstić information content (AvgIpc) is 2.99. The molecule has 0 unspecified atom stereocenters. The zero-order chi connectivity index (χ0) is 15.5. The third-order valence-corrected chi connectivity index (χ3v) is 3.60. The summed E-state index contributed by atoms with van der Waals surface area (Å²) >= 11 is 1.07. The molecule has 1 atom stereocenters. The van der Waals surface area contributed by atoms with Crippen molar-refractivity contribution in [2.45, 2.75) is 13.0 Å². The van der Waals surface area contributed by atoms with Crippen LogP contribution in [0, 0.1) is 5.82 Å². The Labute approximate surface area is 130 Å². The first-order valence-corrected chi connectivity index (χ1v) is 7.31. The zero-order valence-electron chi connectivity index (χ0n) is 11.6. The standard InChI is InChI=1S/C15H12FN3O2S/c1-9(21-13-8-3-2-5-10(13)16)15(20)17-11-6-4-7-12-14(11)19-22-18-12/h2-9H,1H3,(H,17,20)/t9-/m0/s1. The van der Waals surface area contributed by atoms with Crippen molar-refractivity contribution in [1.29, 1.82) is 0 Å². The fraction of sp³-hybridized carbons (Fsp3) is 0.133. The number of ether oxygens (including phenoxy) is 1. The fourth-order valence-electron chi connectivity index (χ4n) is 1.93. The van der Waals surface area contributed by atoms with Crippen LogP contribution >= 0.6 is 11.7 Å². The molecule has 0 fully saturated rings. The molecule has 0 saturated carbocycles. The number of hydrogen-bond donors (Lipinski definition) is 1. The number of nitrogens with zero attached hydrogens (tertiary/aromatic N) is 2. The monoisotopic (exact) mass is 317 g/mol. The summed E-state index contributed by atoms with van der Waals surface area (Å²) in [6, 6.07) is 11.3. The fourth-order valence-corrected chi connectivity index (χ4v) is 2.48. The van der Waals surface area contributed by atoms with Gasteiger partial charge in [0.05, 0.1) is 17.4 Å². The molecule has 1 aromatic heterocycles. The van der Waals surface area contributed by atoms with Gasteiger partial charge in [0.1, 0.15) is 11.0 Å². The first-order valence-electron chi connectivity index (χ1n) is 6.58. The van der Waals surface area contributed by atoms with Gasteiger partial charge in [0, 0.05) is 0 Å². The normalized spacial score (nSPS) is 12.1. The third kappa shape index (κ3) is 2.89. The SMILES string of the molecule is C[C@H](Oc1ccccc1F)C(=O)Nc1cccc2nsnc12. The molecule has 1 heterocycles. The molecular weight excluding hydrogens is 305 g/mol. The second-order valence-corrected chi connectivity index (χ2v) is 5.15. The minimum atomic E-state index is -0.848. The van der Waals surface area contributed by atoms with Crippen LogP contribution in [0.4, 0.5) is 10.1 Å². The van der Waals surface area contributed by atoms with Crippen molar-refractivity contribution < 1.29 is 13.9 Å². The highest BCUT2D eigenvalue weighted by molar-refractivity contribution is 7.00. The highest BCUT2D eigenvalue weighted by Gasteiger charge is 2.18. The molecule has 3 rings (SSSR count). The minimum absolute atomic E-state index is 0.0404. The molecule has 22 heavy (non-hydrogen) atoms. The molecule has 0 bridgehead atoms. The molecule has 2 aromatic carbocycles. The third-order valence-electron chi connectivity index (χ3n) is 3.05. The van der Waals surface area contributed by atoms with Gasteiger partial charge in [-0.25, -0.2) is 4.39 Å². The van der Waals surface area contributed by atoms with Gasteiger partial charge in [-0.2, -0.15) is 8.75 Å². The van der Waals surface area contributed by atoms with E-state index >= 15 is 0 Å². The zero-order valence-corrected chi connectivity index (χ0v) is 12.4. The highest BCUT2D eigenvalue weighted by atomic mass is 32.1. The van der Waals surface area contributed by atoms with E-state index in [1.807, 2.05) is 6.07 Å². The van der Waals surface area contributed by atoms with Gasteiger partial charge in [-0.1, -0.05) is 18.2 Å². The molecule has 0 spiro atoms. The van der Waals surface area contributed by atoms with Crippen LogP contribution in [-0.4, -0.2) is 20.8 Å². The van der Waals surface area contributed by atoms with E-state index in [1.165, 1.54) is 12.1 Å². The van der Waals surface area contributed by atoms with Crippen LogP contribution in [0.3, 0.4) is 0 Å². The predicted octanol–water partition coefficient (Wildman–Crippen LogP) is 3.24. The molecule has 3 aromatic rings. The van der Waals surface area contributed by atoms with E-state index in [2.05, 4.69) is 14.1 Å². The van der Waals surface area contributed by atoms with Crippen LogP contribution in [-0.2, 0) is 4.79 Å². The van der Waals surface area contributed by atoms with Crippen LogP contribution < -0.4 is 10.1 Å². The first kappa shape index (κ1) is 14.4. The molecule has 0 saturated heterocycles. The Morgan fingerprint density at radius 2 is 2.05 bits per heavy atom. The number of benzene rings is 2. The maximum absolute atomic E-state index is 13.5. The lowest BCUT2D eigenvalue weighted by Gasteiger charge is -2.15. The molecule has 1 amide bonds. The summed E-state index contributed by atoms with van der Waals surface area (Å²) in [7, 11) is 0. The van der Waals surface area contributed by atoms with Crippen LogP contribution in [0.1, 0.15) is 6.92 Å². The molecule has 0 aliphatic carbocycles. The van der Waals surface area contributed by atoms with E-state index in [0.29, 0.717) is 16.7 Å². The van der Waals surface area contributed by atoms with Crippen molar-refractivity contribution in [3.63, 3.8) is 0 Å². The topological polar surface area (TPSA) is 64.1 Å². The Morgan fingerprint density at radius 1 is 1.23 bits per heavy atom. The van der Waals surface area contributed by atoms with Crippen LogP contribution in [0.2, 0.25) is 0 Å². The maximum atomic E-state index is 13.5. The second-order valence-electron chi connectivity index (χ2n) is 4.62. The van der Waals surface area contributed by atoms with Crippen molar-refractivity contribution in [2.24, 2.45) is 0 Å². The second kappa shape index (κ2) is 6.07. The summed E-state index contributed by atoms with van der Waals surface area (Å²) in [5, 5.41) is 2.73. The average molecular weight is 317 g/mol. The Morgan fingerprint density at radius 3 is 2.86 bits per heavy atom. The Hall–Kier alpha value is -2.54. The first-order chi connectivity index (χ1) is 10.6. The van der Waals surface area contributed by atoms with Crippen LogP contribution in [0.5, 0.6) is 5.75 Å². The lowest BCUT2D eigenvalue weighted by atomic mass is 10.2. The van der Waals surface area contributed by atoms with E-state index in [1.54, 1.807) is 31.2 Å². The number of fused-ring (bicyclic) bond motifs is 1. The largest absolute Gasteiger partial charge is 0.478 e. The Bertz CT molecular complexity index is 821. The Balaban J connectivity index is 1.74. The van der Waals surface area contributed by atoms with Gasteiger partial charge in [-0.15, -0.1) is 0 Å². The number of nitrogens with one attached hydrogen (secondary N) is 1.